The molecule has 0 saturated carbocycles. The Balaban J connectivity index is 0. The molecule has 0 heterocycles. The van der Waals surface area contributed by atoms with E-state index in [1.807, 2.05) is 0 Å². The maximum atomic E-state index is 10.5. The second kappa shape index (κ2) is 4.83. The fourth-order valence-electron chi connectivity index (χ4n) is 0.693. The van der Waals surface area contributed by atoms with Crippen molar-refractivity contribution in [3.05, 3.63) is 24.3 Å². The van der Waals surface area contributed by atoms with Crippen LogP contribution in [-0.2, 0) is 10.1 Å². The van der Waals surface area contributed by atoms with E-state index in [1.54, 1.807) is 0 Å². The Morgan fingerprint density at radius 1 is 1.31 bits per heavy atom. The SMILES string of the molecule is N=Nc1ccc(S(=O)(=O)O)cc1.[H-].[Na+]. The van der Waals surface area contributed by atoms with Gasteiger partial charge >= 0.3 is 29.6 Å². The number of hydrogen-bond donors (Lipinski definition) is 2. The van der Waals surface area contributed by atoms with Crippen molar-refractivity contribution >= 4 is 15.8 Å². The minimum absolute atomic E-state index is 0. The number of rotatable bonds is 2. The molecule has 0 saturated heterocycles. The van der Waals surface area contributed by atoms with Gasteiger partial charge in [-0.2, -0.15) is 13.5 Å². The van der Waals surface area contributed by atoms with Crippen LogP contribution in [0.5, 0.6) is 0 Å². The van der Waals surface area contributed by atoms with Crippen LogP contribution in [0.3, 0.4) is 0 Å². The van der Waals surface area contributed by atoms with E-state index >= 15 is 0 Å². The summed E-state index contributed by atoms with van der Waals surface area (Å²) in [5.74, 6) is 0. The zero-order chi connectivity index (χ0) is 9.19. The average molecular weight is 210 g/mol. The summed E-state index contributed by atoms with van der Waals surface area (Å²) < 4.78 is 29.6. The Bertz CT molecular complexity index is 392. The molecule has 0 unspecified atom stereocenters. The Morgan fingerprint density at radius 2 is 1.77 bits per heavy atom. The van der Waals surface area contributed by atoms with Crippen LogP contribution in [0.4, 0.5) is 5.69 Å². The van der Waals surface area contributed by atoms with E-state index in [1.165, 1.54) is 24.3 Å². The molecule has 0 aliphatic carbocycles. The van der Waals surface area contributed by atoms with Gasteiger partial charge in [0.05, 0.1) is 10.6 Å². The van der Waals surface area contributed by atoms with E-state index in [2.05, 4.69) is 5.11 Å². The normalized spacial score (nSPS) is 10.2. The molecule has 1 aromatic carbocycles. The van der Waals surface area contributed by atoms with Crippen LogP contribution in [0, 0.1) is 5.53 Å². The quantitative estimate of drug-likeness (QED) is 0.361. The number of nitrogens with one attached hydrogen (secondary N) is 1. The molecular weight excluding hydrogens is 203 g/mol. The van der Waals surface area contributed by atoms with E-state index in [9.17, 15) is 8.42 Å². The van der Waals surface area contributed by atoms with Crippen LogP contribution >= 0.6 is 0 Å². The molecule has 0 aliphatic heterocycles. The molecule has 0 atom stereocenters. The van der Waals surface area contributed by atoms with Crippen molar-refractivity contribution in [2.45, 2.75) is 4.90 Å². The number of nitrogens with zero attached hydrogens (tertiary/aromatic N) is 1. The molecule has 5 nitrogen and oxygen atoms in total. The standard InChI is InChI=1S/C6H6N2O3S.Na.H/c7-8-5-1-3-6(4-2-5)12(9,10)11;;/h1-4,7H,(H,9,10,11);;/q;+1;-1. The predicted octanol–water partition coefficient (Wildman–Crippen LogP) is -1.29. The van der Waals surface area contributed by atoms with Gasteiger partial charge < -0.3 is 1.43 Å². The van der Waals surface area contributed by atoms with E-state index in [-0.39, 0.29) is 35.9 Å². The van der Waals surface area contributed by atoms with Crippen molar-refractivity contribution in [1.29, 1.82) is 5.53 Å². The van der Waals surface area contributed by atoms with E-state index in [0.29, 0.717) is 5.69 Å². The zero-order valence-electron chi connectivity index (χ0n) is 7.93. The summed E-state index contributed by atoms with van der Waals surface area (Å²) in [6.45, 7) is 0. The van der Waals surface area contributed by atoms with Crippen molar-refractivity contribution in [2.75, 3.05) is 0 Å². The van der Waals surface area contributed by atoms with Crippen LogP contribution in [0.15, 0.2) is 34.3 Å². The first-order chi connectivity index (χ1) is 5.54. The summed E-state index contributed by atoms with van der Waals surface area (Å²) >= 11 is 0. The summed E-state index contributed by atoms with van der Waals surface area (Å²) in [7, 11) is -4.13. The van der Waals surface area contributed by atoms with Gasteiger partial charge in [0.25, 0.3) is 10.1 Å². The first-order valence-electron chi connectivity index (χ1n) is 2.99. The maximum absolute atomic E-state index is 10.5. The van der Waals surface area contributed by atoms with Crippen LogP contribution in [0.25, 0.3) is 0 Å². The van der Waals surface area contributed by atoms with Gasteiger partial charge in [-0.15, -0.1) is 0 Å². The van der Waals surface area contributed by atoms with Crippen molar-refractivity contribution in [2.24, 2.45) is 5.11 Å². The van der Waals surface area contributed by atoms with Gasteiger partial charge in [0.15, 0.2) is 0 Å². The largest absolute Gasteiger partial charge is 1.00 e. The molecule has 0 aromatic heterocycles. The molecule has 13 heavy (non-hydrogen) atoms. The smallest absolute Gasteiger partial charge is 1.00 e. The van der Waals surface area contributed by atoms with E-state index < -0.39 is 10.1 Å². The molecule has 66 valence electrons. The van der Waals surface area contributed by atoms with Gasteiger partial charge in [-0.05, 0) is 24.3 Å². The van der Waals surface area contributed by atoms with Gasteiger partial charge in [0.1, 0.15) is 0 Å². The van der Waals surface area contributed by atoms with Crippen molar-refractivity contribution < 1.29 is 44.0 Å². The zero-order valence-corrected chi connectivity index (χ0v) is 9.75. The molecule has 1 aromatic rings. The Labute approximate surface area is 99.2 Å². The molecule has 0 aliphatic rings. The van der Waals surface area contributed by atoms with Gasteiger partial charge in [-0.25, -0.2) is 5.53 Å². The third-order valence-electron chi connectivity index (χ3n) is 1.26. The first-order valence-corrected chi connectivity index (χ1v) is 4.43. The molecule has 0 amide bonds. The molecule has 2 N–H and O–H groups in total. The van der Waals surface area contributed by atoms with E-state index in [0.717, 1.165) is 0 Å². The van der Waals surface area contributed by atoms with Crippen molar-refractivity contribution in [1.82, 2.24) is 0 Å². The van der Waals surface area contributed by atoms with Gasteiger partial charge in [0.2, 0.25) is 0 Å². The molecule has 0 radical (unpaired) electrons. The van der Waals surface area contributed by atoms with Gasteiger partial charge in [-0.3, -0.25) is 4.55 Å². The van der Waals surface area contributed by atoms with Crippen LogP contribution in [0.1, 0.15) is 1.43 Å². The minimum Gasteiger partial charge on any atom is -1.00 e. The summed E-state index contributed by atoms with van der Waals surface area (Å²) in [6, 6.07) is 5.03. The Morgan fingerprint density at radius 3 is 2.08 bits per heavy atom. The topological polar surface area (TPSA) is 90.6 Å². The van der Waals surface area contributed by atoms with Crippen molar-refractivity contribution in [3.8, 4) is 0 Å². The van der Waals surface area contributed by atoms with E-state index in [4.69, 9.17) is 10.1 Å². The molecule has 1 rings (SSSR count). The predicted molar refractivity (Wildman–Crippen MR) is 42.2 cm³/mol. The van der Waals surface area contributed by atoms with Crippen LogP contribution in [-0.4, -0.2) is 13.0 Å². The fraction of sp³-hybridized carbons (Fsp3) is 0. The fourth-order valence-corrected chi connectivity index (χ4v) is 1.17. The first kappa shape index (κ1) is 12.7. The molecular formula is C6H7N2NaO3S. The monoisotopic (exact) mass is 210 g/mol. The van der Waals surface area contributed by atoms with Crippen molar-refractivity contribution in [3.63, 3.8) is 0 Å². The summed E-state index contributed by atoms with van der Waals surface area (Å²) in [5.41, 5.74) is 6.92. The van der Waals surface area contributed by atoms with Crippen LogP contribution in [0.2, 0.25) is 0 Å². The third kappa shape index (κ3) is 3.53. The van der Waals surface area contributed by atoms with Crippen LogP contribution < -0.4 is 29.6 Å². The minimum atomic E-state index is -4.13. The summed E-state index contributed by atoms with van der Waals surface area (Å²) in [6.07, 6.45) is 0. The Kier molecular flexibility index (Phi) is 4.72. The molecule has 0 spiro atoms. The third-order valence-corrected chi connectivity index (χ3v) is 2.13. The van der Waals surface area contributed by atoms with Gasteiger partial charge in [0, 0.05) is 0 Å². The summed E-state index contributed by atoms with van der Waals surface area (Å²) in [5, 5.41) is 3.07. The molecule has 7 heteroatoms. The number of benzene rings is 1. The number of hydrogen-bond acceptors (Lipinski definition) is 4. The molecule has 0 fully saturated rings. The van der Waals surface area contributed by atoms with Gasteiger partial charge in [-0.1, -0.05) is 0 Å². The second-order valence-corrected chi connectivity index (χ2v) is 3.50. The average Bonchev–Trinajstić information content (AvgIpc) is 2.03. The summed E-state index contributed by atoms with van der Waals surface area (Å²) in [4.78, 5) is -0.199. The maximum Gasteiger partial charge on any atom is 1.00 e. The molecule has 0 bridgehead atoms. The Hall–Kier alpha value is -0.270. The second-order valence-electron chi connectivity index (χ2n) is 2.08.